The Bertz CT molecular complexity index is 1310. The summed E-state index contributed by atoms with van der Waals surface area (Å²) >= 11 is 0. The van der Waals surface area contributed by atoms with Crippen molar-refractivity contribution in [3.05, 3.63) is 48.1 Å². The van der Waals surface area contributed by atoms with Gasteiger partial charge in [-0.2, -0.15) is 33.4 Å². The van der Waals surface area contributed by atoms with Gasteiger partial charge >= 0.3 is 6.18 Å². The second kappa shape index (κ2) is 6.94. The van der Waals surface area contributed by atoms with E-state index in [9.17, 15) is 18.4 Å². The molecule has 0 bridgehead atoms. The highest BCUT2D eigenvalue weighted by molar-refractivity contribution is 5.62. The molecule has 4 aromatic heterocycles. The van der Waals surface area contributed by atoms with Crippen LogP contribution < -0.4 is 11.1 Å². The molecule has 10 nitrogen and oxygen atoms in total. The van der Waals surface area contributed by atoms with Crippen molar-refractivity contribution in [2.75, 3.05) is 11.1 Å². The van der Waals surface area contributed by atoms with Crippen LogP contribution in [0.5, 0.6) is 0 Å². The van der Waals surface area contributed by atoms with Crippen LogP contribution >= 0.6 is 0 Å². The van der Waals surface area contributed by atoms with Crippen LogP contribution in [-0.2, 0) is 11.7 Å². The fourth-order valence-electron chi connectivity index (χ4n) is 2.88. The van der Waals surface area contributed by atoms with Crippen molar-refractivity contribution in [1.29, 1.82) is 5.26 Å². The van der Waals surface area contributed by atoms with E-state index in [0.29, 0.717) is 5.56 Å². The molecule has 0 saturated heterocycles. The molecule has 4 aromatic rings. The number of H-pyrrole nitrogens is 1. The molecule has 4 heterocycles. The number of nitriles is 1. The van der Waals surface area contributed by atoms with Gasteiger partial charge in [-0.05, 0) is 26.0 Å². The predicted molar refractivity (Wildman–Crippen MR) is 103 cm³/mol. The van der Waals surface area contributed by atoms with Crippen LogP contribution in [0.1, 0.15) is 31.2 Å². The van der Waals surface area contributed by atoms with Crippen molar-refractivity contribution in [2.24, 2.45) is 0 Å². The number of aromatic amines is 1. The third kappa shape index (κ3) is 3.82. The summed E-state index contributed by atoms with van der Waals surface area (Å²) in [5.74, 6) is -0.820. The van der Waals surface area contributed by atoms with Crippen LogP contribution in [0.15, 0.2) is 30.7 Å². The van der Waals surface area contributed by atoms with E-state index >= 15 is 0 Å². The summed E-state index contributed by atoms with van der Waals surface area (Å²) in [6.07, 6.45) is -0.259. The summed E-state index contributed by atoms with van der Waals surface area (Å²) < 4.78 is 40.2. The SMILES string of the molecule is CC(C)(Nc1nc(C#N)nc(-c2ccc3cnc(N)n3c2)n1)c1cnc(C(F)(F)F)[nH]1. The number of rotatable bonds is 4. The normalized spacial score (nSPS) is 12.1. The molecule has 0 saturated carbocycles. The number of pyridine rings is 1. The number of nitrogen functional groups attached to an aromatic ring is 1. The van der Waals surface area contributed by atoms with Crippen LogP contribution in [0.25, 0.3) is 16.9 Å². The van der Waals surface area contributed by atoms with Gasteiger partial charge in [0.05, 0.1) is 29.1 Å². The Hall–Kier alpha value is -4.21. The first-order valence-corrected chi connectivity index (χ1v) is 8.87. The van der Waals surface area contributed by atoms with Crippen LogP contribution in [-0.4, -0.2) is 34.3 Å². The number of alkyl halides is 3. The first-order valence-electron chi connectivity index (χ1n) is 8.87. The van der Waals surface area contributed by atoms with Crippen LogP contribution in [0.2, 0.25) is 0 Å². The summed E-state index contributed by atoms with van der Waals surface area (Å²) in [7, 11) is 0. The fourth-order valence-corrected chi connectivity index (χ4v) is 2.88. The maximum absolute atomic E-state index is 12.9. The number of halogens is 3. The smallest absolute Gasteiger partial charge is 0.369 e. The van der Waals surface area contributed by atoms with E-state index in [1.165, 1.54) is 0 Å². The highest BCUT2D eigenvalue weighted by Gasteiger charge is 2.36. The second-order valence-electron chi connectivity index (χ2n) is 7.14. The maximum Gasteiger partial charge on any atom is 0.449 e. The monoisotopic (exact) mass is 428 g/mol. The highest BCUT2D eigenvalue weighted by atomic mass is 19.4. The molecule has 0 spiro atoms. The zero-order valence-corrected chi connectivity index (χ0v) is 16.2. The topological polar surface area (TPSA) is 146 Å². The van der Waals surface area contributed by atoms with Crippen molar-refractivity contribution in [2.45, 2.75) is 25.6 Å². The molecule has 158 valence electrons. The van der Waals surface area contributed by atoms with E-state index in [4.69, 9.17) is 5.73 Å². The molecule has 0 amide bonds. The first kappa shape index (κ1) is 20.1. The fraction of sp³-hybridized carbons (Fsp3) is 0.222. The third-order valence-corrected chi connectivity index (χ3v) is 4.49. The highest BCUT2D eigenvalue weighted by Crippen LogP contribution is 2.30. The lowest BCUT2D eigenvalue weighted by Gasteiger charge is -2.25. The predicted octanol–water partition coefficient (Wildman–Crippen LogP) is 2.73. The van der Waals surface area contributed by atoms with Gasteiger partial charge in [0, 0.05) is 11.8 Å². The summed E-state index contributed by atoms with van der Waals surface area (Å²) in [6.45, 7) is 3.24. The van der Waals surface area contributed by atoms with Crippen molar-refractivity contribution >= 4 is 17.4 Å². The number of hydrogen-bond donors (Lipinski definition) is 3. The third-order valence-electron chi connectivity index (χ3n) is 4.49. The van der Waals surface area contributed by atoms with E-state index in [1.54, 1.807) is 42.8 Å². The van der Waals surface area contributed by atoms with Gasteiger partial charge in [-0.3, -0.25) is 4.40 Å². The number of aromatic nitrogens is 7. The van der Waals surface area contributed by atoms with E-state index in [2.05, 4.69) is 35.2 Å². The van der Waals surface area contributed by atoms with Crippen molar-refractivity contribution in [3.63, 3.8) is 0 Å². The molecule has 31 heavy (non-hydrogen) atoms. The Morgan fingerprint density at radius 3 is 2.58 bits per heavy atom. The Labute approximate surface area is 173 Å². The van der Waals surface area contributed by atoms with E-state index in [-0.39, 0.29) is 29.2 Å². The van der Waals surface area contributed by atoms with Gasteiger partial charge in [0.1, 0.15) is 6.07 Å². The van der Waals surface area contributed by atoms with Gasteiger partial charge in [0.2, 0.25) is 23.5 Å². The Kier molecular flexibility index (Phi) is 4.49. The van der Waals surface area contributed by atoms with Crippen molar-refractivity contribution in [3.8, 4) is 17.5 Å². The molecule has 13 heteroatoms. The molecule has 0 atom stereocenters. The Morgan fingerprint density at radius 2 is 1.90 bits per heavy atom. The molecule has 0 fully saturated rings. The number of hydrogen-bond acceptors (Lipinski definition) is 8. The minimum absolute atomic E-state index is 0.00779. The zero-order chi connectivity index (χ0) is 22.4. The molecule has 0 aliphatic carbocycles. The lowest BCUT2D eigenvalue weighted by Crippen LogP contribution is -2.30. The molecule has 4 rings (SSSR count). The Balaban J connectivity index is 1.71. The number of nitrogens with zero attached hydrogens (tertiary/aromatic N) is 7. The van der Waals surface area contributed by atoms with Crippen molar-refractivity contribution in [1.82, 2.24) is 34.3 Å². The van der Waals surface area contributed by atoms with E-state index in [1.807, 2.05) is 6.07 Å². The van der Waals surface area contributed by atoms with Crippen LogP contribution in [0.3, 0.4) is 0 Å². The summed E-state index contributed by atoms with van der Waals surface area (Å²) in [5, 5.41) is 12.2. The molecular weight excluding hydrogens is 413 g/mol. The molecule has 0 aromatic carbocycles. The average molecular weight is 428 g/mol. The Morgan fingerprint density at radius 1 is 1.13 bits per heavy atom. The molecule has 4 N–H and O–H groups in total. The summed E-state index contributed by atoms with van der Waals surface area (Å²) in [4.78, 5) is 22.1. The second-order valence-corrected chi connectivity index (χ2v) is 7.14. The number of nitrogens with two attached hydrogens (primary N) is 1. The van der Waals surface area contributed by atoms with E-state index in [0.717, 1.165) is 11.7 Å². The van der Waals surface area contributed by atoms with Gasteiger partial charge < -0.3 is 16.0 Å². The minimum Gasteiger partial charge on any atom is -0.369 e. The van der Waals surface area contributed by atoms with Gasteiger partial charge in [-0.1, -0.05) is 0 Å². The standard InChI is InChI=1S/C18H15F3N10/c1-17(2,11-7-24-14(26-11)18(19,20)21)30-16-28-12(5-22)27-13(29-16)9-3-4-10-6-25-15(23)31(10)8-9/h3-4,6-8H,1-2H3,(H2,23,25)(H,24,26)(H,27,28,29,30). The van der Waals surface area contributed by atoms with Gasteiger partial charge in [0.15, 0.2) is 5.82 Å². The van der Waals surface area contributed by atoms with Crippen LogP contribution in [0.4, 0.5) is 25.1 Å². The summed E-state index contributed by atoms with van der Waals surface area (Å²) in [6, 6.07) is 5.34. The lowest BCUT2D eigenvalue weighted by atomic mass is 10.0. The molecular formula is C18H15F3N10. The molecule has 0 unspecified atom stereocenters. The van der Waals surface area contributed by atoms with Gasteiger partial charge in [-0.25, -0.2) is 9.97 Å². The molecule has 0 aliphatic rings. The van der Waals surface area contributed by atoms with Crippen molar-refractivity contribution < 1.29 is 13.2 Å². The average Bonchev–Trinajstić information content (AvgIpc) is 3.35. The zero-order valence-electron chi connectivity index (χ0n) is 16.2. The number of anilines is 2. The molecule has 0 aliphatic heterocycles. The van der Waals surface area contributed by atoms with Gasteiger partial charge in [0.25, 0.3) is 0 Å². The van der Waals surface area contributed by atoms with Crippen LogP contribution in [0, 0.1) is 11.3 Å². The minimum atomic E-state index is -4.60. The maximum atomic E-state index is 12.9. The largest absolute Gasteiger partial charge is 0.449 e. The first-order chi connectivity index (χ1) is 14.6. The number of fused-ring (bicyclic) bond motifs is 1. The van der Waals surface area contributed by atoms with Gasteiger partial charge in [-0.15, -0.1) is 0 Å². The quantitative estimate of drug-likeness (QED) is 0.450. The lowest BCUT2D eigenvalue weighted by molar-refractivity contribution is -0.144. The number of nitrogens with one attached hydrogen (secondary N) is 2. The number of imidazole rings is 2. The molecule has 0 radical (unpaired) electrons. The summed E-state index contributed by atoms with van der Waals surface area (Å²) in [5.41, 5.74) is 6.22. The van der Waals surface area contributed by atoms with E-state index < -0.39 is 17.5 Å².